The van der Waals surface area contributed by atoms with Gasteiger partial charge in [0.1, 0.15) is 5.58 Å². The molecule has 2 aromatic carbocycles. The lowest BCUT2D eigenvalue weighted by atomic mass is 10.1. The molecule has 1 radical (unpaired) electrons. The minimum atomic E-state index is 0.708. The van der Waals surface area contributed by atoms with Crippen molar-refractivity contribution in [3.05, 3.63) is 59.8 Å². The second-order valence-corrected chi connectivity index (χ2v) is 4.02. The first-order chi connectivity index (χ1) is 7.84. The molecule has 0 amide bonds. The van der Waals surface area contributed by atoms with Gasteiger partial charge in [-0.15, -0.1) is 0 Å². The van der Waals surface area contributed by atoms with Crippen molar-refractivity contribution in [2.24, 2.45) is 0 Å². The van der Waals surface area contributed by atoms with E-state index in [-0.39, 0.29) is 0 Å². The fraction of sp³-hybridized carbons (Fsp3) is 0. The fourth-order valence-corrected chi connectivity index (χ4v) is 1.94. The van der Waals surface area contributed by atoms with E-state index in [1.807, 2.05) is 48.5 Å². The molecule has 0 aliphatic rings. The van der Waals surface area contributed by atoms with Crippen molar-refractivity contribution >= 4 is 22.6 Å². The maximum atomic E-state index is 5.98. The number of benzene rings is 2. The summed E-state index contributed by atoms with van der Waals surface area (Å²) < 4.78 is 5.37. The van der Waals surface area contributed by atoms with E-state index >= 15 is 0 Å². The second-order valence-electron chi connectivity index (χ2n) is 3.59. The van der Waals surface area contributed by atoms with Crippen molar-refractivity contribution in [1.29, 1.82) is 0 Å². The molecule has 0 saturated heterocycles. The lowest BCUT2D eigenvalue weighted by molar-refractivity contribution is 0.607. The van der Waals surface area contributed by atoms with Crippen molar-refractivity contribution in [2.45, 2.75) is 0 Å². The minimum absolute atomic E-state index is 0.708. The standard InChI is InChI=1S/C14H8ClO/c15-11-6-7-14-12(8-11)13(9-16-14)10-4-2-1-3-5-10/h1-8H. The summed E-state index contributed by atoms with van der Waals surface area (Å²) in [6, 6.07) is 15.6. The van der Waals surface area contributed by atoms with Crippen molar-refractivity contribution in [1.82, 2.24) is 0 Å². The predicted octanol–water partition coefficient (Wildman–Crippen LogP) is 4.55. The second kappa shape index (κ2) is 3.69. The quantitative estimate of drug-likeness (QED) is 0.594. The van der Waals surface area contributed by atoms with Gasteiger partial charge in [-0.2, -0.15) is 0 Å². The number of hydrogen-bond donors (Lipinski definition) is 0. The smallest absolute Gasteiger partial charge is 0.179 e. The van der Waals surface area contributed by atoms with Gasteiger partial charge in [-0.1, -0.05) is 41.9 Å². The van der Waals surface area contributed by atoms with Gasteiger partial charge in [0.25, 0.3) is 0 Å². The van der Waals surface area contributed by atoms with E-state index in [9.17, 15) is 0 Å². The van der Waals surface area contributed by atoms with Gasteiger partial charge in [0.05, 0.1) is 0 Å². The molecule has 0 bridgehead atoms. The third-order valence-electron chi connectivity index (χ3n) is 2.54. The Morgan fingerprint density at radius 1 is 1.00 bits per heavy atom. The highest BCUT2D eigenvalue weighted by Crippen LogP contribution is 2.31. The van der Waals surface area contributed by atoms with E-state index in [1.165, 1.54) is 0 Å². The van der Waals surface area contributed by atoms with Crippen molar-refractivity contribution in [2.75, 3.05) is 0 Å². The molecule has 0 saturated carbocycles. The zero-order valence-corrected chi connectivity index (χ0v) is 9.16. The van der Waals surface area contributed by atoms with Crippen LogP contribution in [0.2, 0.25) is 5.02 Å². The maximum absolute atomic E-state index is 5.98. The number of hydrogen-bond acceptors (Lipinski definition) is 1. The van der Waals surface area contributed by atoms with Crippen LogP contribution >= 0.6 is 11.6 Å². The van der Waals surface area contributed by atoms with Gasteiger partial charge in [0.2, 0.25) is 0 Å². The summed E-state index contributed by atoms with van der Waals surface area (Å²) in [6.45, 7) is 0. The average molecular weight is 228 g/mol. The first-order valence-electron chi connectivity index (χ1n) is 5.00. The summed E-state index contributed by atoms with van der Waals surface area (Å²) in [5.74, 6) is 0. The van der Waals surface area contributed by atoms with Crippen LogP contribution in [0.25, 0.3) is 22.1 Å². The largest absolute Gasteiger partial charge is 0.452 e. The van der Waals surface area contributed by atoms with Crippen LogP contribution in [0.3, 0.4) is 0 Å². The molecular weight excluding hydrogens is 220 g/mol. The average Bonchev–Trinajstić information content (AvgIpc) is 2.73. The summed E-state index contributed by atoms with van der Waals surface area (Å²) in [5.41, 5.74) is 2.85. The highest BCUT2D eigenvalue weighted by molar-refractivity contribution is 6.31. The van der Waals surface area contributed by atoms with E-state index in [4.69, 9.17) is 16.0 Å². The molecule has 0 aliphatic carbocycles. The molecule has 3 aromatic rings. The zero-order chi connectivity index (χ0) is 11.0. The minimum Gasteiger partial charge on any atom is -0.452 e. The summed E-state index contributed by atoms with van der Waals surface area (Å²) in [5, 5.41) is 1.71. The Labute approximate surface area is 98.3 Å². The molecule has 0 unspecified atom stereocenters. The fourth-order valence-electron chi connectivity index (χ4n) is 1.77. The van der Waals surface area contributed by atoms with Crippen LogP contribution in [0, 0.1) is 6.26 Å². The summed E-state index contributed by atoms with van der Waals surface area (Å²) in [4.78, 5) is 0. The molecule has 2 heteroatoms. The number of fused-ring (bicyclic) bond motifs is 1. The Hall–Kier alpha value is -1.73. The van der Waals surface area contributed by atoms with Crippen LogP contribution in [-0.2, 0) is 0 Å². The SMILES string of the molecule is Clc1ccc2o[c]c(-c3ccccc3)c2c1. The summed E-state index contributed by atoms with van der Waals surface area (Å²) in [6.07, 6.45) is 2.92. The lowest BCUT2D eigenvalue weighted by Crippen LogP contribution is -1.74. The Bertz CT molecular complexity index is 626. The highest BCUT2D eigenvalue weighted by atomic mass is 35.5. The van der Waals surface area contributed by atoms with Gasteiger partial charge in [0.15, 0.2) is 6.26 Å². The van der Waals surface area contributed by atoms with E-state index in [0.717, 1.165) is 22.1 Å². The third-order valence-corrected chi connectivity index (χ3v) is 2.77. The lowest BCUT2D eigenvalue weighted by Gasteiger charge is -1.97. The first kappa shape index (κ1) is 9.49. The topological polar surface area (TPSA) is 13.1 Å². The maximum Gasteiger partial charge on any atom is 0.179 e. The van der Waals surface area contributed by atoms with Gasteiger partial charge in [0, 0.05) is 16.0 Å². The summed E-state index contributed by atoms with van der Waals surface area (Å²) >= 11 is 5.98. The predicted molar refractivity (Wildman–Crippen MR) is 65.5 cm³/mol. The van der Waals surface area contributed by atoms with Crippen LogP contribution in [-0.4, -0.2) is 0 Å². The highest BCUT2D eigenvalue weighted by Gasteiger charge is 2.08. The Balaban J connectivity index is 2.29. The number of furan rings is 1. The monoisotopic (exact) mass is 227 g/mol. The molecule has 3 rings (SSSR count). The number of halogens is 1. The van der Waals surface area contributed by atoms with Crippen molar-refractivity contribution < 1.29 is 4.42 Å². The molecule has 0 fully saturated rings. The molecule has 0 atom stereocenters. The van der Waals surface area contributed by atoms with Gasteiger partial charge in [-0.05, 0) is 23.8 Å². The van der Waals surface area contributed by atoms with Crippen LogP contribution in [0.15, 0.2) is 52.9 Å². The molecule has 16 heavy (non-hydrogen) atoms. The van der Waals surface area contributed by atoms with Gasteiger partial charge < -0.3 is 4.42 Å². The Morgan fingerprint density at radius 3 is 2.62 bits per heavy atom. The molecule has 1 aromatic heterocycles. The molecule has 0 spiro atoms. The third kappa shape index (κ3) is 1.50. The summed E-state index contributed by atoms with van der Waals surface area (Å²) in [7, 11) is 0. The number of rotatable bonds is 1. The molecule has 77 valence electrons. The molecular formula is C14H8ClO. The van der Waals surface area contributed by atoms with Crippen molar-refractivity contribution in [3.8, 4) is 11.1 Å². The van der Waals surface area contributed by atoms with Gasteiger partial charge >= 0.3 is 0 Å². The van der Waals surface area contributed by atoms with Gasteiger partial charge in [-0.25, -0.2) is 0 Å². The Kier molecular flexibility index (Phi) is 2.19. The van der Waals surface area contributed by atoms with Crippen molar-refractivity contribution in [3.63, 3.8) is 0 Å². The molecule has 0 N–H and O–H groups in total. The van der Waals surface area contributed by atoms with Crippen LogP contribution < -0.4 is 0 Å². The zero-order valence-electron chi connectivity index (χ0n) is 8.41. The molecule has 0 aliphatic heterocycles. The van der Waals surface area contributed by atoms with Crippen LogP contribution in [0.4, 0.5) is 0 Å². The Morgan fingerprint density at radius 2 is 1.81 bits per heavy atom. The van der Waals surface area contributed by atoms with Crippen LogP contribution in [0.1, 0.15) is 0 Å². The van der Waals surface area contributed by atoms with E-state index in [1.54, 1.807) is 0 Å². The van der Waals surface area contributed by atoms with Gasteiger partial charge in [-0.3, -0.25) is 0 Å². The normalized spacial score (nSPS) is 10.8. The molecule has 1 heterocycles. The molecule has 1 nitrogen and oxygen atoms in total. The van der Waals surface area contributed by atoms with E-state index in [2.05, 4.69) is 6.26 Å². The van der Waals surface area contributed by atoms with E-state index in [0.29, 0.717) is 5.02 Å². The van der Waals surface area contributed by atoms with E-state index < -0.39 is 0 Å². The first-order valence-corrected chi connectivity index (χ1v) is 5.37. The van der Waals surface area contributed by atoms with Crippen LogP contribution in [0.5, 0.6) is 0 Å².